The van der Waals surface area contributed by atoms with E-state index in [2.05, 4.69) is 40.4 Å². The molecule has 0 aliphatic carbocycles. The number of nitrogens with one attached hydrogen (secondary N) is 1. The van der Waals surface area contributed by atoms with Crippen LogP contribution in [0.2, 0.25) is 0 Å². The third kappa shape index (κ3) is 4.48. The molecule has 128 valence electrons. The van der Waals surface area contributed by atoms with E-state index in [0.717, 1.165) is 51.1 Å². The van der Waals surface area contributed by atoms with Crippen LogP contribution in [0.4, 0.5) is 0 Å². The highest BCUT2D eigenvalue weighted by Gasteiger charge is 2.19. The van der Waals surface area contributed by atoms with E-state index in [0.29, 0.717) is 0 Å². The number of thiophene rings is 1. The SMILES string of the molecule is CCNC(=NCCN1CCc2sccc2C1)N1CCC(C)CC1. The van der Waals surface area contributed by atoms with E-state index in [-0.39, 0.29) is 0 Å². The van der Waals surface area contributed by atoms with E-state index < -0.39 is 0 Å². The Morgan fingerprint density at radius 1 is 1.35 bits per heavy atom. The van der Waals surface area contributed by atoms with Gasteiger partial charge >= 0.3 is 0 Å². The molecule has 3 heterocycles. The second-order valence-electron chi connectivity index (χ2n) is 6.80. The zero-order chi connectivity index (χ0) is 16.1. The summed E-state index contributed by atoms with van der Waals surface area (Å²) in [5.74, 6) is 1.98. The maximum absolute atomic E-state index is 4.89. The molecule has 1 fully saturated rings. The minimum absolute atomic E-state index is 0.863. The van der Waals surface area contributed by atoms with Crippen molar-refractivity contribution < 1.29 is 0 Å². The summed E-state index contributed by atoms with van der Waals surface area (Å²) in [5, 5.41) is 5.70. The summed E-state index contributed by atoms with van der Waals surface area (Å²) in [4.78, 5) is 11.5. The number of piperidine rings is 1. The monoisotopic (exact) mass is 334 g/mol. The molecule has 0 radical (unpaired) electrons. The molecule has 0 unspecified atom stereocenters. The van der Waals surface area contributed by atoms with Crippen molar-refractivity contribution in [2.24, 2.45) is 10.9 Å². The molecule has 4 nitrogen and oxygen atoms in total. The molecule has 0 bridgehead atoms. The molecule has 1 saturated heterocycles. The van der Waals surface area contributed by atoms with E-state index in [1.807, 2.05) is 11.3 Å². The van der Waals surface area contributed by atoms with E-state index in [1.165, 1.54) is 31.4 Å². The Hall–Kier alpha value is -1.07. The Morgan fingerprint density at radius 2 is 2.17 bits per heavy atom. The maximum atomic E-state index is 4.89. The Balaban J connectivity index is 1.50. The van der Waals surface area contributed by atoms with Crippen LogP contribution in [0.25, 0.3) is 0 Å². The van der Waals surface area contributed by atoms with E-state index in [1.54, 1.807) is 4.88 Å². The average Bonchev–Trinajstić information content (AvgIpc) is 3.02. The first-order valence-corrected chi connectivity index (χ1v) is 9.95. The van der Waals surface area contributed by atoms with Crippen molar-refractivity contribution in [1.82, 2.24) is 15.1 Å². The molecule has 1 N–H and O–H groups in total. The Morgan fingerprint density at radius 3 is 2.96 bits per heavy atom. The van der Waals surface area contributed by atoms with Crippen LogP contribution in [-0.2, 0) is 13.0 Å². The highest BCUT2D eigenvalue weighted by Crippen LogP contribution is 2.23. The van der Waals surface area contributed by atoms with Crippen molar-refractivity contribution in [2.75, 3.05) is 39.3 Å². The number of guanidine groups is 1. The van der Waals surface area contributed by atoms with Crippen LogP contribution >= 0.6 is 11.3 Å². The van der Waals surface area contributed by atoms with Gasteiger partial charge in [0.1, 0.15) is 0 Å². The van der Waals surface area contributed by atoms with Crippen LogP contribution in [0.1, 0.15) is 37.1 Å². The second kappa shape index (κ2) is 8.15. The van der Waals surface area contributed by atoms with Gasteiger partial charge in [0.25, 0.3) is 0 Å². The topological polar surface area (TPSA) is 30.9 Å². The molecular formula is C18H30N4S. The van der Waals surface area contributed by atoms with E-state index in [4.69, 9.17) is 4.99 Å². The van der Waals surface area contributed by atoms with Crippen molar-refractivity contribution >= 4 is 17.3 Å². The molecule has 0 saturated carbocycles. The summed E-state index contributed by atoms with van der Waals surface area (Å²) in [6, 6.07) is 2.29. The van der Waals surface area contributed by atoms with Crippen molar-refractivity contribution in [3.8, 4) is 0 Å². The van der Waals surface area contributed by atoms with Gasteiger partial charge in [-0.15, -0.1) is 11.3 Å². The van der Waals surface area contributed by atoms with Gasteiger partial charge in [-0.25, -0.2) is 0 Å². The Bertz CT molecular complexity index is 517. The van der Waals surface area contributed by atoms with Gasteiger partial charge < -0.3 is 10.2 Å². The molecule has 5 heteroatoms. The lowest BCUT2D eigenvalue weighted by Gasteiger charge is -2.33. The van der Waals surface area contributed by atoms with Crippen LogP contribution in [0.15, 0.2) is 16.4 Å². The second-order valence-corrected chi connectivity index (χ2v) is 7.80. The number of nitrogens with zero attached hydrogens (tertiary/aromatic N) is 3. The molecule has 2 aliphatic heterocycles. The fraction of sp³-hybridized carbons (Fsp3) is 0.722. The predicted molar refractivity (Wildman–Crippen MR) is 99.2 cm³/mol. The van der Waals surface area contributed by atoms with Crippen molar-refractivity contribution in [3.05, 3.63) is 21.9 Å². The molecule has 0 aromatic carbocycles. The van der Waals surface area contributed by atoms with Gasteiger partial charge in [0.2, 0.25) is 0 Å². The Labute approximate surface area is 144 Å². The summed E-state index contributed by atoms with van der Waals surface area (Å²) >= 11 is 1.91. The van der Waals surface area contributed by atoms with Gasteiger partial charge in [0.05, 0.1) is 6.54 Å². The van der Waals surface area contributed by atoms with Gasteiger partial charge in [-0.2, -0.15) is 0 Å². The van der Waals surface area contributed by atoms with Crippen molar-refractivity contribution in [1.29, 1.82) is 0 Å². The zero-order valence-electron chi connectivity index (χ0n) is 14.6. The molecule has 0 amide bonds. The van der Waals surface area contributed by atoms with Crippen LogP contribution in [0, 0.1) is 5.92 Å². The summed E-state index contributed by atoms with van der Waals surface area (Å²) in [5.41, 5.74) is 1.53. The molecule has 3 rings (SSSR count). The number of likely N-dealkylation sites (tertiary alicyclic amines) is 1. The number of rotatable bonds is 4. The van der Waals surface area contributed by atoms with Crippen LogP contribution in [0.5, 0.6) is 0 Å². The van der Waals surface area contributed by atoms with Gasteiger partial charge in [0.15, 0.2) is 5.96 Å². The first-order valence-electron chi connectivity index (χ1n) is 9.07. The number of fused-ring (bicyclic) bond motifs is 1. The maximum Gasteiger partial charge on any atom is 0.193 e. The Kier molecular flexibility index (Phi) is 5.95. The van der Waals surface area contributed by atoms with Crippen molar-refractivity contribution in [2.45, 2.75) is 39.7 Å². The molecule has 23 heavy (non-hydrogen) atoms. The minimum atomic E-state index is 0.863. The predicted octanol–water partition coefficient (Wildman–Crippen LogP) is 2.80. The zero-order valence-corrected chi connectivity index (χ0v) is 15.4. The van der Waals surface area contributed by atoms with Gasteiger partial charge in [-0.1, -0.05) is 6.92 Å². The molecule has 0 spiro atoms. The number of hydrogen-bond acceptors (Lipinski definition) is 3. The van der Waals surface area contributed by atoms with Crippen LogP contribution in [-0.4, -0.2) is 55.0 Å². The molecule has 0 atom stereocenters. The largest absolute Gasteiger partial charge is 0.357 e. The van der Waals surface area contributed by atoms with E-state index in [9.17, 15) is 0 Å². The fourth-order valence-electron chi connectivity index (χ4n) is 3.44. The first-order chi connectivity index (χ1) is 11.3. The number of hydrogen-bond donors (Lipinski definition) is 1. The third-order valence-electron chi connectivity index (χ3n) is 4.98. The lowest BCUT2D eigenvalue weighted by Crippen LogP contribution is -2.45. The quantitative estimate of drug-likeness (QED) is 0.678. The summed E-state index contributed by atoms with van der Waals surface area (Å²) in [6.45, 7) is 12.0. The molecule has 1 aromatic rings. The first kappa shape index (κ1) is 16.8. The molecular weight excluding hydrogens is 304 g/mol. The van der Waals surface area contributed by atoms with Gasteiger partial charge in [-0.05, 0) is 49.1 Å². The third-order valence-corrected chi connectivity index (χ3v) is 6.01. The summed E-state index contributed by atoms with van der Waals surface area (Å²) < 4.78 is 0. The van der Waals surface area contributed by atoms with Gasteiger partial charge in [-0.3, -0.25) is 9.89 Å². The van der Waals surface area contributed by atoms with Gasteiger partial charge in [0, 0.05) is 44.1 Å². The molecule has 1 aromatic heterocycles. The standard InChI is InChI=1S/C18H30N4S/c1-3-19-18(22-10-4-15(2)5-11-22)20-8-12-21-9-6-17-16(14-21)7-13-23-17/h7,13,15H,3-6,8-12,14H2,1-2H3,(H,19,20). The van der Waals surface area contributed by atoms with E-state index >= 15 is 0 Å². The summed E-state index contributed by atoms with van der Waals surface area (Å²) in [7, 11) is 0. The summed E-state index contributed by atoms with van der Waals surface area (Å²) in [6.07, 6.45) is 3.79. The highest BCUT2D eigenvalue weighted by atomic mass is 32.1. The number of aliphatic imine (C=N–C) groups is 1. The fourth-order valence-corrected chi connectivity index (χ4v) is 4.33. The smallest absolute Gasteiger partial charge is 0.193 e. The lowest BCUT2D eigenvalue weighted by molar-refractivity contribution is 0.259. The highest BCUT2D eigenvalue weighted by molar-refractivity contribution is 7.10. The van der Waals surface area contributed by atoms with Crippen LogP contribution in [0.3, 0.4) is 0 Å². The average molecular weight is 335 g/mol. The minimum Gasteiger partial charge on any atom is -0.357 e. The normalized spacial score (nSPS) is 20.6. The molecule has 2 aliphatic rings. The van der Waals surface area contributed by atoms with Crippen molar-refractivity contribution in [3.63, 3.8) is 0 Å². The lowest BCUT2D eigenvalue weighted by atomic mass is 10.00. The van der Waals surface area contributed by atoms with Crippen LogP contribution < -0.4 is 5.32 Å².